The van der Waals surface area contributed by atoms with E-state index in [0.29, 0.717) is 5.69 Å². The number of halogens is 1. The summed E-state index contributed by atoms with van der Waals surface area (Å²) in [5.74, 6) is -0.906. The van der Waals surface area contributed by atoms with Crippen LogP contribution in [0.25, 0.3) is 6.08 Å². The van der Waals surface area contributed by atoms with Gasteiger partial charge in [-0.05, 0) is 64.9 Å². The minimum atomic E-state index is -0.477. The minimum absolute atomic E-state index is 0.0647. The molecule has 22 heavy (non-hydrogen) atoms. The second-order valence-corrected chi connectivity index (χ2v) is 6.57. The summed E-state index contributed by atoms with van der Waals surface area (Å²) in [6.07, 6.45) is 1.57. The second-order valence-electron chi connectivity index (χ2n) is 4.49. The average Bonchev–Trinajstić information content (AvgIpc) is 2.98. The molecule has 2 aromatic rings. The number of carbonyl (C=O) groups excluding carboxylic acids is 2. The summed E-state index contributed by atoms with van der Waals surface area (Å²) < 4.78 is 0.893. The molecule has 0 radical (unpaired) electrons. The van der Waals surface area contributed by atoms with Gasteiger partial charge in [-0.2, -0.15) is 11.3 Å². The van der Waals surface area contributed by atoms with Crippen molar-refractivity contribution in [3.8, 4) is 0 Å². The van der Waals surface area contributed by atoms with Gasteiger partial charge in [0.05, 0.1) is 5.69 Å². The molecule has 1 aliphatic rings. The topological polar surface area (TPSA) is 49.4 Å². The molecular formula is C15H9BrN2O2S2. The zero-order valence-corrected chi connectivity index (χ0v) is 14.3. The molecule has 0 unspecified atom stereocenters. The van der Waals surface area contributed by atoms with Gasteiger partial charge in [-0.1, -0.05) is 15.9 Å². The van der Waals surface area contributed by atoms with Gasteiger partial charge >= 0.3 is 0 Å². The van der Waals surface area contributed by atoms with Crippen molar-refractivity contribution in [2.24, 2.45) is 0 Å². The summed E-state index contributed by atoms with van der Waals surface area (Å²) in [5, 5.41) is 6.39. The summed E-state index contributed by atoms with van der Waals surface area (Å²) in [6.45, 7) is 0. The van der Waals surface area contributed by atoms with Gasteiger partial charge in [-0.3, -0.25) is 19.8 Å². The van der Waals surface area contributed by atoms with Gasteiger partial charge in [0.25, 0.3) is 11.8 Å². The fraction of sp³-hybridized carbons (Fsp3) is 0. The van der Waals surface area contributed by atoms with E-state index in [1.54, 1.807) is 18.2 Å². The van der Waals surface area contributed by atoms with Crippen LogP contribution in [0.4, 0.5) is 5.69 Å². The van der Waals surface area contributed by atoms with Crippen molar-refractivity contribution < 1.29 is 9.59 Å². The zero-order valence-electron chi connectivity index (χ0n) is 11.1. The van der Waals surface area contributed by atoms with E-state index in [1.165, 1.54) is 16.2 Å². The molecule has 1 aliphatic heterocycles. The third kappa shape index (κ3) is 2.87. The maximum Gasteiger partial charge on any atom is 0.270 e. The first-order valence-corrected chi connectivity index (χ1v) is 8.40. The Morgan fingerprint density at radius 1 is 1.18 bits per heavy atom. The van der Waals surface area contributed by atoms with Gasteiger partial charge < -0.3 is 0 Å². The van der Waals surface area contributed by atoms with Gasteiger partial charge in [-0.25, -0.2) is 0 Å². The van der Waals surface area contributed by atoms with Gasteiger partial charge in [0.2, 0.25) is 0 Å². The van der Waals surface area contributed by atoms with Gasteiger partial charge in [0.1, 0.15) is 5.57 Å². The maximum absolute atomic E-state index is 12.7. The summed E-state index contributed by atoms with van der Waals surface area (Å²) in [7, 11) is 0. The normalized spacial score (nSPS) is 17.0. The van der Waals surface area contributed by atoms with E-state index < -0.39 is 11.8 Å². The van der Waals surface area contributed by atoms with Crippen LogP contribution in [0.2, 0.25) is 0 Å². The van der Waals surface area contributed by atoms with E-state index in [4.69, 9.17) is 12.2 Å². The number of nitrogens with one attached hydrogen (secondary N) is 1. The first kappa shape index (κ1) is 15.1. The molecule has 1 saturated heterocycles. The minimum Gasteiger partial charge on any atom is -0.298 e. The van der Waals surface area contributed by atoms with Crippen LogP contribution in [-0.4, -0.2) is 16.9 Å². The molecule has 0 atom stereocenters. The third-order valence-electron chi connectivity index (χ3n) is 3.04. The van der Waals surface area contributed by atoms with Crippen LogP contribution in [0.1, 0.15) is 5.56 Å². The highest BCUT2D eigenvalue weighted by Gasteiger charge is 2.34. The summed E-state index contributed by atoms with van der Waals surface area (Å²) in [6, 6.07) is 8.98. The monoisotopic (exact) mass is 392 g/mol. The molecule has 1 N–H and O–H groups in total. The first-order valence-electron chi connectivity index (χ1n) is 6.25. The van der Waals surface area contributed by atoms with Crippen LogP contribution in [0.5, 0.6) is 0 Å². The highest BCUT2D eigenvalue weighted by atomic mass is 79.9. The Morgan fingerprint density at radius 2 is 1.91 bits per heavy atom. The predicted molar refractivity (Wildman–Crippen MR) is 94.7 cm³/mol. The van der Waals surface area contributed by atoms with Crippen LogP contribution in [-0.2, 0) is 9.59 Å². The Balaban J connectivity index is 2.01. The molecule has 7 heteroatoms. The standard InChI is InChI=1S/C15H9BrN2O2S2/c16-10-1-3-11(4-2-10)18-14(20)12(13(19)17-15(18)21)7-9-5-6-22-8-9/h1-8H,(H,17,19,21)/b12-7+. The lowest BCUT2D eigenvalue weighted by molar-refractivity contribution is -0.122. The Morgan fingerprint density at radius 3 is 2.55 bits per heavy atom. The molecule has 2 amide bonds. The van der Waals surface area contributed by atoms with Crippen molar-refractivity contribution in [1.29, 1.82) is 0 Å². The Labute approximate surface area is 144 Å². The molecule has 1 aromatic heterocycles. The fourth-order valence-corrected chi connectivity index (χ4v) is 3.17. The first-order chi connectivity index (χ1) is 10.6. The smallest absolute Gasteiger partial charge is 0.270 e. The van der Waals surface area contributed by atoms with Crippen molar-refractivity contribution in [2.45, 2.75) is 0 Å². The number of amides is 2. The second kappa shape index (κ2) is 6.12. The highest BCUT2D eigenvalue weighted by molar-refractivity contribution is 9.10. The third-order valence-corrected chi connectivity index (χ3v) is 4.56. The molecular weight excluding hydrogens is 384 g/mol. The molecule has 110 valence electrons. The molecule has 2 heterocycles. The van der Waals surface area contributed by atoms with Crippen LogP contribution in [0.15, 0.2) is 51.1 Å². The fourth-order valence-electron chi connectivity index (χ4n) is 2.01. The lowest BCUT2D eigenvalue weighted by Crippen LogP contribution is -2.54. The number of hydrogen-bond acceptors (Lipinski definition) is 4. The lowest BCUT2D eigenvalue weighted by atomic mass is 10.1. The van der Waals surface area contributed by atoms with Gasteiger partial charge in [0.15, 0.2) is 5.11 Å². The Kier molecular flexibility index (Phi) is 4.19. The Bertz CT molecular complexity index is 782. The number of anilines is 1. The number of carbonyl (C=O) groups is 2. The van der Waals surface area contributed by atoms with Crippen molar-refractivity contribution in [2.75, 3.05) is 4.90 Å². The number of hydrogen-bond donors (Lipinski definition) is 1. The van der Waals surface area contributed by atoms with Gasteiger partial charge in [-0.15, -0.1) is 0 Å². The summed E-state index contributed by atoms with van der Waals surface area (Å²) in [5.41, 5.74) is 1.48. The van der Waals surface area contributed by atoms with E-state index in [1.807, 2.05) is 29.0 Å². The van der Waals surface area contributed by atoms with Crippen LogP contribution in [0, 0.1) is 0 Å². The number of rotatable bonds is 2. The SMILES string of the molecule is O=C1NC(=S)N(c2ccc(Br)cc2)C(=O)/C1=C/c1ccsc1. The molecule has 1 fully saturated rings. The quantitative estimate of drug-likeness (QED) is 0.484. The maximum atomic E-state index is 12.7. The Hall–Kier alpha value is -1.83. The molecule has 4 nitrogen and oxygen atoms in total. The largest absolute Gasteiger partial charge is 0.298 e. The molecule has 1 aromatic carbocycles. The van der Waals surface area contributed by atoms with Gasteiger partial charge in [0, 0.05) is 4.47 Å². The van der Waals surface area contributed by atoms with Crippen molar-refractivity contribution in [1.82, 2.24) is 5.32 Å². The van der Waals surface area contributed by atoms with Crippen molar-refractivity contribution in [3.63, 3.8) is 0 Å². The molecule has 0 aliphatic carbocycles. The highest BCUT2D eigenvalue weighted by Crippen LogP contribution is 2.24. The molecule has 0 bridgehead atoms. The molecule has 0 spiro atoms. The van der Waals surface area contributed by atoms with E-state index in [2.05, 4.69) is 21.2 Å². The van der Waals surface area contributed by atoms with Crippen LogP contribution in [0.3, 0.4) is 0 Å². The van der Waals surface area contributed by atoms with E-state index in [0.717, 1.165) is 10.0 Å². The van der Waals surface area contributed by atoms with Crippen LogP contribution >= 0.6 is 39.5 Å². The number of benzene rings is 1. The van der Waals surface area contributed by atoms with E-state index in [-0.39, 0.29) is 10.7 Å². The molecule has 3 rings (SSSR count). The lowest BCUT2D eigenvalue weighted by Gasteiger charge is -2.28. The summed E-state index contributed by atoms with van der Waals surface area (Å²) in [4.78, 5) is 26.0. The van der Waals surface area contributed by atoms with Crippen molar-refractivity contribution >= 4 is 68.2 Å². The predicted octanol–water partition coefficient (Wildman–Crippen LogP) is 3.34. The van der Waals surface area contributed by atoms with E-state index in [9.17, 15) is 9.59 Å². The summed E-state index contributed by atoms with van der Waals surface area (Å²) >= 11 is 9.98. The average molecular weight is 393 g/mol. The number of nitrogens with zero attached hydrogens (tertiary/aromatic N) is 1. The van der Waals surface area contributed by atoms with E-state index >= 15 is 0 Å². The number of thiocarbonyl (C=S) groups is 1. The molecule has 0 saturated carbocycles. The number of thiophene rings is 1. The van der Waals surface area contributed by atoms with Crippen molar-refractivity contribution in [3.05, 3.63) is 56.7 Å². The van der Waals surface area contributed by atoms with Crippen LogP contribution < -0.4 is 10.2 Å². The zero-order chi connectivity index (χ0) is 15.7.